The first kappa shape index (κ1) is 26.7. The molecular formula is C21H35NO2. The smallest absolute Gasteiger partial charge is 0.168 e. The normalized spacial score (nSPS) is 12.6. The summed E-state index contributed by atoms with van der Waals surface area (Å²) in [6.07, 6.45) is 8.77. The third-order valence-electron chi connectivity index (χ3n) is 3.15. The van der Waals surface area contributed by atoms with E-state index in [0.29, 0.717) is 12.0 Å². The number of aldehydes is 1. The fourth-order valence-electron chi connectivity index (χ4n) is 1.41. The number of aliphatic imine (C=N–C) groups is 1. The van der Waals surface area contributed by atoms with Crippen LogP contribution in [0.5, 0.6) is 0 Å². The van der Waals surface area contributed by atoms with Gasteiger partial charge in [0.05, 0.1) is 12.9 Å². The lowest BCUT2D eigenvalue weighted by Gasteiger charge is -2.08. The zero-order valence-electron chi connectivity index (χ0n) is 16.8. The second-order valence-corrected chi connectivity index (χ2v) is 4.56. The molecule has 0 aromatic heterocycles. The number of ether oxygens (including phenoxy) is 1. The molecule has 0 fully saturated rings. The van der Waals surface area contributed by atoms with Crippen LogP contribution in [0, 0.1) is 0 Å². The lowest BCUT2D eigenvalue weighted by Crippen LogP contribution is -1.91. The van der Waals surface area contributed by atoms with Crippen LogP contribution in [0.2, 0.25) is 0 Å². The van der Waals surface area contributed by atoms with E-state index in [1.54, 1.807) is 25.3 Å². The first-order chi connectivity index (χ1) is 11.4. The minimum absolute atomic E-state index is 0.325. The summed E-state index contributed by atoms with van der Waals surface area (Å²) in [6.45, 7) is 21.0. The molecule has 0 atom stereocenters. The van der Waals surface area contributed by atoms with E-state index < -0.39 is 0 Å². The summed E-state index contributed by atoms with van der Waals surface area (Å²) in [7, 11) is 1.73. The minimum atomic E-state index is 0.325. The SMILES string of the molecule is C/C=C(C)\C(C)=C(\CC)OC.C=C/C(C)=C\C=C(\C=O)N=C.CC. The largest absolute Gasteiger partial charge is 0.501 e. The van der Waals surface area contributed by atoms with Crippen LogP contribution in [0.25, 0.3) is 0 Å². The number of carbonyl (C=O) groups excluding carboxylic acids is 1. The van der Waals surface area contributed by atoms with Gasteiger partial charge in [-0.2, -0.15) is 0 Å². The Bertz CT molecular complexity index is 476. The molecule has 0 spiro atoms. The molecule has 0 saturated carbocycles. The average Bonchev–Trinajstić information content (AvgIpc) is 2.64. The number of methoxy groups -OCH3 is 1. The van der Waals surface area contributed by atoms with E-state index in [1.807, 2.05) is 27.7 Å². The van der Waals surface area contributed by atoms with Crippen molar-refractivity contribution in [3.63, 3.8) is 0 Å². The summed E-state index contributed by atoms with van der Waals surface area (Å²) in [6, 6.07) is 0. The van der Waals surface area contributed by atoms with Gasteiger partial charge < -0.3 is 4.74 Å². The average molecular weight is 334 g/mol. The molecule has 0 N–H and O–H groups in total. The second-order valence-electron chi connectivity index (χ2n) is 4.56. The van der Waals surface area contributed by atoms with Crippen LogP contribution in [0.3, 0.4) is 0 Å². The zero-order chi connectivity index (χ0) is 19.5. The topological polar surface area (TPSA) is 38.7 Å². The molecule has 0 aliphatic carbocycles. The number of rotatable bonds is 7. The summed E-state index contributed by atoms with van der Waals surface area (Å²) in [5.41, 5.74) is 3.86. The molecule has 0 aliphatic rings. The fourth-order valence-corrected chi connectivity index (χ4v) is 1.41. The summed E-state index contributed by atoms with van der Waals surface area (Å²) in [4.78, 5) is 13.7. The van der Waals surface area contributed by atoms with Gasteiger partial charge in [-0.3, -0.25) is 9.79 Å². The van der Waals surface area contributed by atoms with E-state index in [1.165, 1.54) is 11.1 Å². The molecule has 24 heavy (non-hydrogen) atoms. The Morgan fingerprint density at radius 3 is 2.00 bits per heavy atom. The predicted octanol–water partition coefficient (Wildman–Crippen LogP) is 6.21. The third kappa shape index (κ3) is 13.5. The van der Waals surface area contributed by atoms with Gasteiger partial charge in [0.1, 0.15) is 5.70 Å². The molecular weight excluding hydrogens is 298 g/mol. The molecule has 0 rings (SSSR count). The Kier molecular flexibility index (Phi) is 21.0. The predicted molar refractivity (Wildman–Crippen MR) is 108 cm³/mol. The van der Waals surface area contributed by atoms with Crippen molar-refractivity contribution < 1.29 is 9.53 Å². The van der Waals surface area contributed by atoms with Gasteiger partial charge in [0.2, 0.25) is 0 Å². The zero-order valence-corrected chi connectivity index (χ0v) is 16.8. The van der Waals surface area contributed by atoms with Gasteiger partial charge in [0.15, 0.2) is 6.29 Å². The standard InChI is InChI=1S/C10H18O.C9H11NO.C2H6/c1-6-8(3)9(4)10(7-2)11-5;1-4-8(2)5-6-9(7-11)10-3;1-2/h6H,7H2,1-5H3;4-7H,1,3H2,2H3;1-2H3/b8-6-,10-9-;8-5-,9-6-;. The summed E-state index contributed by atoms with van der Waals surface area (Å²) in [5, 5.41) is 0. The maximum atomic E-state index is 10.2. The van der Waals surface area contributed by atoms with Crippen LogP contribution < -0.4 is 0 Å². The third-order valence-corrected chi connectivity index (χ3v) is 3.15. The van der Waals surface area contributed by atoms with Crippen molar-refractivity contribution in [1.82, 2.24) is 0 Å². The van der Waals surface area contributed by atoms with Crippen molar-refractivity contribution in [3.8, 4) is 0 Å². The Balaban J connectivity index is -0.000000333. The number of hydrogen-bond acceptors (Lipinski definition) is 3. The molecule has 0 unspecified atom stereocenters. The molecule has 0 radical (unpaired) electrons. The van der Waals surface area contributed by atoms with Crippen LogP contribution in [0.4, 0.5) is 0 Å². The molecule has 0 aromatic carbocycles. The molecule has 0 saturated heterocycles. The van der Waals surface area contributed by atoms with Crippen LogP contribution >= 0.6 is 0 Å². The first-order valence-electron chi connectivity index (χ1n) is 8.21. The van der Waals surface area contributed by atoms with Gasteiger partial charge in [-0.15, -0.1) is 0 Å². The van der Waals surface area contributed by atoms with E-state index >= 15 is 0 Å². The Labute approximate surface area is 149 Å². The second kappa shape index (κ2) is 18.9. The highest BCUT2D eigenvalue weighted by Gasteiger charge is 2.00. The van der Waals surface area contributed by atoms with Gasteiger partial charge in [-0.25, -0.2) is 0 Å². The Morgan fingerprint density at radius 2 is 1.71 bits per heavy atom. The lowest BCUT2D eigenvalue weighted by molar-refractivity contribution is -0.104. The Morgan fingerprint density at radius 1 is 1.17 bits per heavy atom. The van der Waals surface area contributed by atoms with Gasteiger partial charge in [-0.05, 0) is 51.6 Å². The quantitative estimate of drug-likeness (QED) is 0.183. The highest BCUT2D eigenvalue weighted by Crippen LogP contribution is 2.16. The van der Waals surface area contributed by atoms with Gasteiger partial charge in [0.25, 0.3) is 0 Å². The molecule has 3 heteroatoms. The molecule has 3 nitrogen and oxygen atoms in total. The summed E-state index contributed by atoms with van der Waals surface area (Å²) >= 11 is 0. The van der Waals surface area contributed by atoms with E-state index in [2.05, 4.69) is 45.1 Å². The Hall–Kier alpha value is -2.16. The van der Waals surface area contributed by atoms with Gasteiger partial charge >= 0.3 is 0 Å². The molecule has 0 aliphatic heterocycles. The van der Waals surface area contributed by atoms with Crippen LogP contribution in [-0.2, 0) is 9.53 Å². The minimum Gasteiger partial charge on any atom is -0.501 e. The lowest BCUT2D eigenvalue weighted by atomic mass is 10.1. The van der Waals surface area contributed by atoms with Crippen molar-refractivity contribution in [2.24, 2.45) is 4.99 Å². The maximum Gasteiger partial charge on any atom is 0.168 e. The summed E-state index contributed by atoms with van der Waals surface area (Å²) < 4.78 is 5.22. The van der Waals surface area contributed by atoms with Crippen molar-refractivity contribution in [3.05, 3.63) is 59.1 Å². The monoisotopic (exact) mass is 333 g/mol. The fraction of sp³-hybridized carbons (Fsp3) is 0.429. The molecule has 136 valence electrons. The number of carbonyl (C=O) groups is 1. The molecule has 0 aromatic rings. The van der Waals surface area contributed by atoms with Crippen LogP contribution in [-0.4, -0.2) is 20.1 Å². The van der Waals surface area contributed by atoms with E-state index in [-0.39, 0.29) is 0 Å². The molecule has 0 amide bonds. The van der Waals surface area contributed by atoms with E-state index in [0.717, 1.165) is 17.8 Å². The maximum absolute atomic E-state index is 10.2. The van der Waals surface area contributed by atoms with Crippen molar-refractivity contribution in [1.29, 1.82) is 0 Å². The van der Waals surface area contributed by atoms with Crippen molar-refractivity contribution in [2.45, 2.75) is 54.9 Å². The van der Waals surface area contributed by atoms with Crippen molar-refractivity contribution in [2.75, 3.05) is 7.11 Å². The summed E-state index contributed by atoms with van der Waals surface area (Å²) in [5.74, 6) is 1.08. The first-order valence-corrected chi connectivity index (χ1v) is 8.21. The number of hydrogen-bond donors (Lipinski definition) is 0. The highest BCUT2D eigenvalue weighted by atomic mass is 16.5. The van der Waals surface area contributed by atoms with E-state index in [4.69, 9.17) is 4.74 Å². The van der Waals surface area contributed by atoms with E-state index in [9.17, 15) is 4.79 Å². The van der Waals surface area contributed by atoms with Gasteiger partial charge in [0, 0.05) is 6.42 Å². The molecule has 0 heterocycles. The van der Waals surface area contributed by atoms with Gasteiger partial charge in [-0.1, -0.05) is 51.2 Å². The molecule has 0 bridgehead atoms. The number of allylic oxidation sites excluding steroid dienone is 9. The van der Waals surface area contributed by atoms with Crippen LogP contribution in [0.15, 0.2) is 64.1 Å². The number of nitrogens with zero attached hydrogens (tertiary/aromatic N) is 1. The highest BCUT2D eigenvalue weighted by molar-refractivity contribution is 5.74. The van der Waals surface area contributed by atoms with Crippen molar-refractivity contribution >= 4 is 13.0 Å². The van der Waals surface area contributed by atoms with Crippen LogP contribution in [0.1, 0.15) is 54.9 Å².